The monoisotopic (exact) mass is 259 g/mol. The smallest absolute Gasteiger partial charge is 0.276 e. The topological polar surface area (TPSA) is 91.3 Å². The minimum Gasteiger partial charge on any atom is -0.487 e. The van der Waals surface area contributed by atoms with E-state index in [1.807, 2.05) is 0 Å². The maximum atomic E-state index is 10.8. The van der Waals surface area contributed by atoms with E-state index >= 15 is 0 Å². The van der Waals surface area contributed by atoms with Crippen LogP contribution in [0.2, 0.25) is 0 Å². The number of nitro groups is 1. The third-order valence-electron chi connectivity index (χ3n) is 2.66. The molecule has 0 saturated carbocycles. The van der Waals surface area contributed by atoms with E-state index in [0.717, 1.165) is 0 Å². The summed E-state index contributed by atoms with van der Waals surface area (Å²) in [6, 6.07) is 9.97. The van der Waals surface area contributed by atoms with Crippen molar-refractivity contribution in [3.05, 3.63) is 57.8 Å². The van der Waals surface area contributed by atoms with Crippen molar-refractivity contribution in [2.45, 2.75) is 13.5 Å². The van der Waals surface area contributed by atoms with Crippen LogP contribution in [-0.2, 0) is 6.61 Å². The molecule has 2 N–H and O–H groups in total. The lowest BCUT2D eigenvalue weighted by molar-refractivity contribution is -0.385. The Labute approximate surface area is 110 Å². The van der Waals surface area contributed by atoms with Crippen molar-refractivity contribution in [1.82, 2.24) is 4.98 Å². The highest BCUT2D eigenvalue weighted by Gasteiger charge is 2.14. The van der Waals surface area contributed by atoms with Crippen molar-refractivity contribution in [2.24, 2.45) is 0 Å². The Morgan fingerprint density at radius 2 is 2.05 bits per heavy atom. The number of rotatable bonds is 4. The van der Waals surface area contributed by atoms with Gasteiger partial charge in [0.05, 0.1) is 16.2 Å². The summed E-state index contributed by atoms with van der Waals surface area (Å²) in [5, 5.41) is 10.8. The van der Waals surface area contributed by atoms with Crippen LogP contribution in [0.25, 0.3) is 0 Å². The molecule has 0 saturated heterocycles. The molecule has 0 atom stereocenters. The summed E-state index contributed by atoms with van der Waals surface area (Å²) in [4.78, 5) is 14.5. The van der Waals surface area contributed by atoms with E-state index in [1.54, 1.807) is 37.3 Å². The van der Waals surface area contributed by atoms with Gasteiger partial charge >= 0.3 is 0 Å². The molecule has 0 radical (unpaired) electrons. The summed E-state index contributed by atoms with van der Waals surface area (Å²) in [5.74, 6) is 0.885. The first kappa shape index (κ1) is 12.8. The van der Waals surface area contributed by atoms with Gasteiger partial charge in [-0.1, -0.05) is 12.1 Å². The van der Waals surface area contributed by atoms with Crippen molar-refractivity contribution in [1.29, 1.82) is 0 Å². The summed E-state index contributed by atoms with van der Waals surface area (Å²) in [6.45, 7) is 1.87. The molecule has 6 heteroatoms. The standard InChI is InChI=1S/C13H13N3O3/c1-9-11(16(17)18)5-3-6-12(9)19-8-10-4-2-7-13(14)15-10/h2-7H,8H2,1H3,(H2,14,15). The Kier molecular flexibility index (Phi) is 3.61. The largest absolute Gasteiger partial charge is 0.487 e. The minimum atomic E-state index is -0.430. The predicted octanol–water partition coefficient (Wildman–Crippen LogP) is 2.46. The van der Waals surface area contributed by atoms with Crippen molar-refractivity contribution in [3.8, 4) is 5.75 Å². The van der Waals surface area contributed by atoms with Gasteiger partial charge in [-0.15, -0.1) is 0 Å². The van der Waals surface area contributed by atoms with Crippen LogP contribution in [0.15, 0.2) is 36.4 Å². The van der Waals surface area contributed by atoms with Crippen molar-refractivity contribution in [2.75, 3.05) is 5.73 Å². The first-order valence-corrected chi connectivity index (χ1v) is 5.66. The average Bonchev–Trinajstić information content (AvgIpc) is 2.37. The van der Waals surface area contributed by atoms with E-state index in [0.29, 0.717) is 22.8 Å². The van der Waals surface area contributed by atoms with Crippen LogP contribution in [0.5, 0.6) is 5.75 Å². The number of nitrogen functional groups attached to an aromatic ring is 1. The van der Waals surface area contributed by atoms with E-state index in [9.17, 15) is 10.1 Å². The van der Waals surface area contributed by atoms with Gasteiger partial charge in [-0.3, -0.25) is 10.1 Å². The number of aromatic nitrogens is 1. The minimum absolute atomic E-state index is 0.0398. The Morgan fingerprint density at radius 3 is 2.74 bits per heavy atom. The zero-order chi connectivity index (χ0) is 13.8. The number of nitro benzene ring substituents is 1. The summed E-state index contributed by atoms with van der Waals surface area (Å²) in [6.07, 6.45) is 0. The third kappa shape index (κ3) is 2.98. The molecule has 2 rings (SSSR count). The second kappa shape index (κ2) is 5.34. The van der Waals surface area contributed by atoms with Crippen molar-refractivity contribution in [3.63, 3.8) is 0 Å². The van der Waals surface area contributed by atoms with Gasteiger partial charge < -0.3 is 10.5 Å². The Balaban J connectivity index is 2.16. The molecular weight excluding hydrogens is 246 g/mol. The van der Waals surface area contributed by atoms with Gasteiger partial charge in [-0.25, -0.2) is 4.98 Å². The zero-order valence-corrected chi connectivity index (χ0v) is 10.4. The number of nitrogens with zero attached hydrogens (tertiary/aromatic N) is 2. The highest BCUT2D eigenvalue weighted by molar-refractivity contribution is 5.48. The molecule has 0 bridgehead atoms. The molecule has 19 heavy (non-hydrogen) atoms. The average molecular weight is 259 g/mol. The number of benzene rings is 1. The molecule has 98 valence electrons. The summed E-state index contributed by atoms with van der Waals surface area (Å²) in [7, 11) is 0. The Morgan fingerprint density at radius 1 is 1.32 bits per heavy atom. The normalized spacial score (nSPS) is 10.2. The highest BCUT2D eigenvalue weighted by Crippen LogP contribution is 2.27. The molecule has 0 spiro atoms. The fraction of sp³-hybridized carbons (Fsp3) is 0.154. The van der Waals surface area contributed by atoms with Crippen LogP contribution in [0.3, 0.4) is 0 Å². The number of hydrogen-bond donors (Lipinski definition) is 1. The Hall–Kier alpha value is -2.63. The SMILES string of the molecule is Cc1c(OCc2cccc(N)n2)cccc1[N+](=O)[O-]. The molecular formula is C13H13N3O3. The molecule has 0 amide bonds. The number of nitrogens with two attached hydrogens (primary N) is 1. The molecule has 0 unspecified atom stereocenters. The van der Waals surface area contributed by atoms with Crippen LogP contribution in [0.1, 0.15) is 11.3 Å². The summed E-state index contributed by atoms with van der Waals surface area (Å²) in [5.41, 5.74) is 6.77. The van der Waals surface area contributed by atoms with Gasteiger partial charge in [0.15, 0.2) is 0 Å². The van der Waals surface area contributed by atoms with Crippen molar-refractivity contribution >= 4 is 11.5 Å². The second-order valence-corrected chi connectivity index (χ2v) is 4.00. The third-order valence-corrected chi connectivity index (χ3v) is 2.66. The molecule has 1 aromatic carbocycles. The van der Waals surface area contributed by atoms with Gasteiger partial charge in [0.1, 0.15) is 18.2 Å². The van der Waals surface area contributed by atoms with E-state index in [4.69, 9.17) is 10.5 Å². The maximum absolute atomic E-state index is 10.8. The van der Waals surface area contributed by atoms with Gasteiger partial charge in [-0.05, 0) is 25.1 Å². The molecule has 0 fully saturated rings. The van der Waals surface area contributed by atoms with Gasteiger partial charge in [-0.2, -0.15) is 0 Å². The van der Waals surface area contributed by atoms with E-state index in [-0.39, 0.29) is 12.3 Å². The predicted molar refractivity (Wildman–Crippen MR) is 70.8 cm³/mol. The first-order chi connectivity index (χ1) is 9.08. The van der Waals surface area contributed by atoms with Crippen LogP contribution in [0, 0.1) is 17.0 Å². The lowest BCUT2D eigenvalue weighted by Crippen LogP contribution is -2.02. The zero-order valence-electron chi connectivity index (χ0n) is 10.4. The van der Waals surface area contributed by atoms with Gasteiger partial charge in [0, 0.05) is 6.07 Å². The Bertz CT molecular complexity index is 614. The van der Waals surface area contributed by atoms with Crippen molar-refractivity contribution < 1.29 is 9.66 Å². The molecule has 1 heterocycles. The summed E-state index contributed by atoms with van der Waals surface area (Å²) < 4.78 is 5.55. The van der Waals surface area contributed by atoms with E-state index in [1.165, 1.54) is 6.07 Å². The van der Waals surface area contributed by atoms with Gasteiger partial charge in [0.2, 0.25) is 0 Å². The first-order valence-electron chi connectivity index (χ1n) is 5.66. The van der Waals surface area contributed by atoms with Crippen LogP contribution in [0.4, 0.5) is 11.5 Å². The van der Waals surface area contributed by atoms with Crippen LogP contribution < -0.4 is 10.5 Å². The molecule has 0 aliphatic carbocycles. The number of pyridine rings is 1. The number of ether oxygens (including phenoxy) is 1. The van der Waals surface area contributed by atoms with Crippen LogP contribution >= 0.6 is 0 Å². The molecule has 2 aromatic rings. The number of hydrogen-bond acceptors (Lipinski definition) is 5. The molecule has 1 aromatic heterocycles. The summed E-state index contributed by atoms with van der Waals surface area (Å²) >= 11 is 0. The molecule has 6 nitrogen and oxygen atoms in total. The fourth-order valence-electron chi connectivity index (χ4n) is 1.69. The second-order valence-electron chi connectivity index (χ2n) is 4.00. The quantitative estimate of drug-likeness (QED) is 0.672. The highest BCUT2D eigenvalue weighted by atomic mass is 16.6. The number of anilines is 1. The fourth-order valence-corrected chi connectivity index (χ4v) is 1.69. The lowest BCUT2D eigenvalue weighted by atomic mass is 10.2. The van der Waals surface area contributed by atoms with E-state index < -0.39 is 4.92 Å². The van der Waals surface area contributed by atoms with E-state index in [2.05, 4.69) is 4.98 Å². The molecule has 0 aliphatic heterocycles. The lowest BCUT2D eigenvalue weighted by Gasteiger charge is -2.09. The van der Waals surface area contributed by atoms with Gasteiger partial charge in [0.25, 0.3) is 5.69 Å². The maximum Gasteiger partial charge on any atom is 0.276 e. The van der Waals surface area contributed by atoms with Crippen LogP contribution in [-0.4, -0.2) is 9.91 Å². The molecule has 0 aliphatic rings.